The van der Waals surface area contributed by atoms with Gasteiger partial charge in [-0.25, -0.2) is 8.42 Å². The van der Waals surface area contributed by atoms with Crippen LogP contribution in [0.4, 0.5) is 0 Å². The van der Waals surface area contributed by atoms with E-state index < -0.39 is 10.0 Å². The second kappa shape index (κ2) is 6.81. The van der Waals surface area contributed by atoms with Gasteiger partial charge in [-0.1, -0.05) is 23.2 Å². The van der Waals surface area contributed by atoms with E-state index in [1.165, 1.54) is 17.5 Å². The van der Waals surface area contributed by atoms with E-state index in [1.54, 1.807) is 6.07 Å². The van der Waals surface area contributed by atoms with Gasteiger partial charge in [-0.2, -0.15) is 4.31 Å². The maximum Gasteiger partial charge on any atom is 0.244 e. The van der Waals surface area contributed by atoms with Gasteiger partial charge in [0.15, 0.2) is 0 Å². The topological polar surface area (TPSA) is 72.6 Å². The van der Waals surface area contributed by atoms with Crippen LogP contribution in [0.1, 0.15) is 18.4 Å². The van der Waals surface area contributed by atoms with Crippen molar-refractivity contribution in [2.45, 2.75) is 30.3 Å². The van der Waals surface area contributed by atoms with Gasteiger partial charge in [0.05, 0.1) is 11.6 Å². The number of benzene rings is 1. The molecule has 0 amide bonds. The zero-order chi connectivity index (χ0) is 15.6. The summed E-state index contributed by atoms with van der Waals surface area (Å²) < 4.78 is 32.1. The highest BCUT2D eigenvalue weighted by atomic mass is 35.5. The molecule has 1 aromatic carbocycles. The molecular formula is C13H18Cl2N2O3S. The van der Waals surface area contributed by atoms with E-state index in [0.29, 0.717) is 23.7 Å². The second-order valence-corrected chi connectivity index (χ2v) is 7.59. The number of hydrogen-bond donors (Lipinski definition) is 1. The highest BCUT2D eigenvalue weighted by Gasteiger charge is 2.39. The van der Waals surface area contributed by atoms with Gasteiger partial charge in [0, 0.05) is 31.3 Å². The van der Waals surface area contributed by atoms with Gasteiger partial charge >= 0.3 is 0 Å². The molecule has 2 rings (SSSR count). The number of rotatable bonds is 7. The van der Waals surface area contributed by atoms with E-state index in [0.717, 1.165) is 12.8 Å². The van der Waals surface area contributed by atoms with Crippen molar-refractivity contribution in [3.05, 3.63) is 27.7 Å². The summed E-state index contributed by atoms with van der Waals surface area (Å²) in [5.74, 6) is 0. The third-order valence-electron chi connectivity index (χ3n) is 3.36. The molecule has 1 fully saturated rings. The van der Waals surface area contributed by atoms with Crippen molar-refractivity contribution < 1.29 is 13.2 Å². The van der Waals surface area contributed by atoms with Crippen molar-refractivity contribution >= 4 is 33.2 Å². The number of methoxy groups -OCH3 is 1. The molecule has 8 heteroatoms. The summed E-state index contributed by atoms with van der Waals surface area (Å²) in [6.07, 6.45) is 1.70. The first-order chi connectivity index (χ1) is 9.91. The van der Waals surface area contributed by atoms with Gasteiger partial charge in [-0.3, -0.25) is 0 Å². The molecule has 1 saturated carbocycles. The Labute approximate surface area is 135 Å². The first-order valence-corrected chi connectivity index (χ1v) is 8.80. The Hall–Kier alpha value is -0.370. The summed E-state index contributed by atoms with van der Waals surface area (Å²) in [5.41, 5.74) is 6.11. The van der Waals surface area contributed by atoms with Crippen LogP contribution in [0.2, 0.25) is 10.0 Å². The fraction of sp³-hybridized carbons (Fsp3) is 0.538. The van der Waals surface area contributed by atoms with Crippen molar-refractivity contribution in [3.63, 3.8) is 0 Å². The number of ether oxygens (including phenoxy) is 1. The molecule has 0 aromatic heterocycles. The highest BCUT2D eigenvalue weighted by Crippen LogP contribution is 2.36. The molecule has 1 aromatic rings. The van der Waals surface area contributed by atoms with E-state index >= 15 is 0 Å². The first-order valence-electron chi connectivity index (χ1n) is 6.60. The van der Waals surface area contributed by atoms with E-state index in [1.807, 2.05) is 0 Å². The SMILES string of the molecule is COCCN(C1CC1)S(=O)(=O)c1cc(Cl)cc(CN)c1Cl. The zero-order valence-corrected chi connectivity index (χ0v) is 14.0. The molecule has 1 aliphatic rings. The minimum Gasteiger partial charge on any atom is -0.383 e. The number of nitrogens with zero attached hydrogens (tertiary/aromatic N) is 1. The Morgan fingerprint density at radius 3 is 2.57 bits per heavy atom. The van der Waals surface area contributed by atoms with Gasteiger partial charge in [-0.15, -0.1) is 0 Å². The maximum atomic E-state index is 12.8. The van der Waals surface area contributed by atoms with E-state index in [4.69, 9.17) is 33.7 Å². The van der Waals surface area contributed by atoms with Gasteiger partial charge < -0.3 is 10.5 Å². The molecule has 21 heavy (non-hydrogen) atoms. The number of sulfonamides is 1. The average Bonchev–Trinajstić information content (AvgIpc) is 3.25. The van der Waals surface area contributed by atoms with Crippen LogP contribution in [-0.4, -0.2) is 39.0 Å². The minimum atomic E-state index is -3.71. The van der Waals surface area contributed by atoms with Gasteiger partial charge in [-0.05, 0) is 30.5 Å². The molecule has 0 saturated heterocycles. The predicted molar refractivity (Wildman–Crippen MR) is 83.1 cm³/mol. The molecule has 118 valence electrons. The highest BCUT2D eigenvalue weighted by molar-refractivity contribution is 7.89. The molecule has 0 bridgehead atoms. The third-order valence-corrected chi connectivity index (χ3v) is 6.11. The summed E-state index contributed by atoms with van der Waals surface area (Å²) in [6, 6.07) is 2.97. The summed E-state index contributed by atoms with van der Waals surface area (Å²) in [5, 5.41) is 0.450. The van der Waals surface area contributed by atoms with Crippen molar-refractivity contribution in [2.75, 3.05) is 20.3 Å². The standard InChI is InChI=1S/C13H18Cl2N2O3S/c1-20-5-4-17(11-2-3-11)21(18,19)12-7-10(14)6-9(8-16)13(12)15/h6-7,11H,2-5,8,16H2,1H3. The van der Waals surface area contributed by atoms with Crippen LogP contribution in [0.15, 0.2) is 17.0 Å². The summed E-state index contributed by atoms with van der Waals surface area (Å²) >= 11 is 12.2. The Balaban J connectivity index is 2.44. The van der Waals surface area contributed by atoms with Crippen LogP contribution in [0.5, 0.6) is 0 Å². The Morgan fingerprint density at radius 2 is 2.05 bits per heavy atom. The normalized spacial score (nSPS) is 15.7. The van der Waals surface area contributed by atoms with Crippen molar-refractivity contribution in [1.82, 2.24) is 4.31 Å². The Bertz CT molecular complexity index is 618. The van der Waals surface area contributed by atoms with Crippen LogP contribution in [-0.2, 0) is 21.3 Å². The molecule has 0 atom stereocenters. The fourth-order valence-corrected chi connectivity index (χ4v) is 4.71. The Kier molecular flexibility index (Phi) is 5.51. The predicted octanol–water partition coefficient (Wildman–Crippen LogP) is 2.25. The summed E-state index contributed by atoms with van der Waals surface area (Å²) in [4.78, 5) is 0.0140. The molecule has 0 spiro atoms. The van der Waals surface area contributed by atoms with Gasteiger partial charge in [0.2, 0.25) is 10.0 Å². The van der Waals surface area contributed by atoms with Crippen LogP contribution >= 0.6 is 23.2 Å². The lowest BCUT2D eigenvalue weighted by Gasteiger charge is -2.23. The molecule has 0 radical (unpaired) electrons. The molecular weight excluding hydrogens is 335 g/mol. The van der Waals surface area contributed by atoms with E-state index in [2.05, 4.69) is 0 Å². The van der Waals surface area contributed by atoms with Crippen molar-refractivity contribution in [3.8, 4) is 0 Å². The number of nitrogens with two attached hydrogens (primary N) is 1. The molecule has 1 aliphatic carbocycles. The number of halogens is 2. The lowest BCUT2D eigenvalue weighted by molar-refractivity contribution is 0.177. The fourth-order valence-electron chi connectivity index (χ4n) is 2.12. The van der Waals surface area contributed by atoms with Gasteiger partial charge in [0.1, 0.15) is 4.90 Å². The van der Waals surface area contributed by atoms with Crippen LogP contribution in [0, 0.1) is 0 Å². The largest absolute Gasteiger partial charge is 0.383 e. The zero-order valence-electron chi connectivity index (χ0n) is 11.7. The summed E-state index contributed by atoms with van der Waals surface area (Å²) in [6.45, 7) is 0.755. The minimum absolute atomic E-state index is 0.0140. The van der Waals surface area contributed by atoms with Crippen LogP contribution < -0.4 is 5.73 Å². The molecule has 5 nitrogen and oxygen atoms in total. The molecule has 0 aliphatic heterocycles. The van der Waals surface area contributed by atoms with Crippen molar-refractivity contribution in [1.29, 1.82) is 0 Å². The van der Waals surface area contributed by atoms with Gasteiger partial charge in [0.25, 0.3) is 0 Å². The average molecular weight is 353 g/mol. The number of hydrogen-bond acceptors (Lipinski definition) is 4. The first kappa shape index (κ1) is 17.0. The quantitative estimate of drug-likeness (QED) is 0.816. The van der Waals surface area contributed by atoms with Crippen LogP contribution in [0.3, 0.4) is 0 Å². The molecule has 0 heterocycles. The molecule has 2 N–H and O–H groups in total. The third kappa shape index (κ3) is 3.70. The summed E-state index contributed by atoms with van der Waals surface area (Å²) in [7, 11) is -2.18. The lowest BCUT2D eigenvalue weighted by atomic mass is 10.2. The second-order valence-electron chi connectivity index (χ2n) is 4.92. The van der Waals surface area contributed by atoms with E-state index in [-0.39, 0.29) is 22.5 Å². The van der Waals surface area contributed by atoms with E-state index in [9.17, 15) is 8.42 Å². The molecule has 0 unspecified atom stereocenters. The van der Waals surface area contributed by atoms with Crippen LogP contribution in [0.25, 0.3) is 0 Å². The smallest absolute Gasteiger partial charge is 0.244 e. The van der Waals surface area contributed by atoms with Crippen molar-refractivity contribution in [2.24, 2.45) is 5.73 Å². The Morgan fingerprint density at radius 1 is 1.38 bits per heavy atom. The lowest BCUT2D eigenvalue weighted by Crippen LogP contribution is -2.36. The monoisotopic (exact) mass is 352 g/mol. The maximum absolute atomic E-state index is 12.8.